The summed E-state index contributed by atoms with van der Waals surface area (Å²) in [7, 11) is 0. The largest absolute Gasteiger partial charge is 0.481 e. The van der Waals surface area contributed by atoms with Crippen LogP contribution in [0.15, 0.2) is 22.7 Å². The Morgan fingerprint density at radius 1 is 1.21 bits per heavy atom. The predicted molar refractivity (Wildman–Crippen MR) is 80.6 cm³/mol. The quantitative estimate of drug-likeness (QED) is 0.862. The summed E-state index contributed by atoms with van der Waals surface area (Å²) in [5.74, 6) is -0.259. The van der Waals surface area contributed by atoms with E-state index in [4.69, 9.17) is 0 Å². The first-order valence-electron chi connectivity index (χ1n) is 7.00. The Morgan fingerprint density at radius 2 is 1.84 bits per heavy atom. The summed E-state index contributed by atoms with van der Waals surface area (Å²) in [6.07, 6.45) is 4.69. The fourth-order valence-electron chi connectivity index (χ4n) is 3.00. The van der Waals surface area contributed by atoms with Crippen LogP contribution in [0.25, 0.3) is 0 Å². The molecule has 3 heteroatoms. The molecule has 0 heterocycles. The Kier molecular flexibility index (Phi) is 4.34. The van der Waals surface area contributed by atoms with Gasteiger partial charge in [-0.3, -0.25) is 4.79 Å². The van der Waals surface area contributed by atoms with Crippen molar-refractivity contribution in [1.82, 2.24) is 0 Å². The highest BCUT2D eigenvalue weighted by Crippen LogP contribution is 2.41. The van der Waals surface area contributed by atoms with Gasteiger partial charge in [-0.25, -0.2) is 0 Å². The summed E-state index contributed by atoms with van der Waals surface area (Å²) < 4.78 is 0.986. The van der Waals surface area contributed by atoms with Crippen LogP contribution in [-0.4, -0.2) is 11.1 Å². The van der Waals surface area contributed by atoms with Gasteiger partial charge in [0.15, 0.2) is 0 Å². The van der Waals surface area contributed by atoms with E-state index in [0.717, 1.165) is 42.1 Å². The minimum absolute atomic E-state index is 0.408. The average molecular weight is 325 g/mol. The molecule has 1 fully saturated rings. The first kappa shape index (κ1) is 14.6. The standard InChI is InChI=1S/C16H21BrO2/c1-11(2)12-8-13(10-14(17)9-12)16(15(18)19)6-4-3-5-7-16/h8-11H,3-7H2,1-2H3,(H,18,19). The first-order valence-corrected chi connectivity index (χ1v) is 7.79. The third-order valence-electron chi connectivity index (χ3n) is 4.26. The summed E-state index contributed by atoms with van der Waals surface area (Å²) in [6, 6.07) is 6.17. The van der Waals surface area contributed by atoms with Crippen molar-refractivity contribution in [2.75, 3.05) is 0 Å². The van der Waals surface area contributed by atoms with Crippen molar-refractivity contribution in [1.29, 1.82) is 0 Å². The Balaban J connectivity index is 2.50. The van der Waals surface area contributed by atoms with Crippen molar-refractivity contribution in [3.63, 3.8) is 0 Å². The van der Waals surface area contributed by atoms with E-state index < -0.39 is 11.4 Å². The molecule has 104 valence electrons. The number of carbonyl (C=O) groups is 1. The molecule has 0 radical (unpaired) electrons. The number of rotatable bonds is 3. The normalized spacial score (nSPS) is 18.5. The van der Waals surface area contributed by atoms with Crippen LogP contribution in [0, 0.1) is 0 Å². The molecule has 2 rings (SSSR count). The van der Waals surface area contributed by atoms with E-state index >= 15 is 0 Å². The van der Waals surface area contributed by atoms with Crippen LogP contribution >= 0.6 is 15.9 Å². The molecule has 0 unspecified atom stereocenters. The molecule has 0 spiro atoms. The maximum absolute atomic E-state index is 11.9. The van der Waals surface area contributed by atoms with Gasteiger partial charge in [0.05, 0.1) is 5.41 Å². The smallest absolute Gasteiger partial charge is 0.314 e. The summed E-state index contributed by atoms with van der Waals surface area (Å²) in [5.41, 5.74) is 1.50. The fourth-order valence-corrected chi connectivity index (χ4v) is 3.51. The summed E-state index contributed by atoms with van der Waals surface area (Å²) in [4.78, 5) is 11.9. The van der Waals surface area contributed by atoms with Crippen molar-refractivity contribution >= 4 is 21.9 Å². The lowest BCUT2D eigenvalue weighted by molar-refractivity contribution is -0.145. The van der Waals surface area contributed by atoms with Crippen LogP contribution in [0.4, 0.5) is 0 Å². The van der Waals surface area contributed by atoms with Crippen LogP contribution in [0.1, 0.15) is 63.0 Å². The van der Waals surface area contributed by atoms with Gasteiger partial charge in [-0.15, -0.1) is 0 Å². The third-order valence-corrected chi connectivity index (χ3v) is 4.71. The van der Waals surface area contributed by atoms with Crippen LogP contribution < -0.4 is 0 Å². The van der Waals surface area contributed by atoms with Crippen LogP contribution in [0.2, 0.25) is 0 Å². The van der Waals surface area contributed by atoms with E-state index in [1.165, 1.54) is 5.56 Å². The number of aliphatic carboxylic acids is 1. The number of hydrogen-bond acceptors (Lipinski definition) is 1. The lowest BCUT2D eigenvalue weighted by Crippen LogP contribution is -2.37. The molecule has 0 aromatic heterocycles. The van der Waals surface area contributed by atoms with Gasteiger partial charge in [-0.1, -0.05) is 55.1 Å². The average Bonchev–Trinajstić information content (AvgIpc) is 2.38. The van der Waals surface area contributed by atoms with Gasteiger partial charge in [0.25, 0.3) is 0 Å². The molecule has 1 aliphatic rings. The maximum atomic E-state index is 11.9. The zero-order valence-corrected chi connectivity index (χ0v) is 13.2. The first-order chi connectivity index (χ1) is 8.95. The van der Waals surface area contributed by atoms with Gasteiger partial charge in [0, 0.05) is 4.47 Å². The van der Waals surface area contributed by atoms with Crippen molar-refractivity contribution in [3.8, 4) is 0 Å². The maximum Gasteiger partial charge on any atom is 0.314 e. The summed E-state index contributed by atoms with van der Waals surface area (Å²) >= 11 is 3.53. The van der Waals surface area contributed by atoms with Gasteiger partial charge in [0.2, 0.25) is 0 Å². The zero-order chi connectivity index (χ0) is 14.0. The van der Waals surface area contributed by atoms with Gasteiger partial charge in [-0.05, 0) is 42.0 Å². The fraction of sp³-hybridized carbons (Fsp3) is 0.562. The monoisotopic (exact) mass is 324 g/mol. The lowest BCUT2D eigenvalue weighted by atomic mass is 9.69. The van der Waals surface area contributed by atoms with Crippen molar-refractivity contribution in [2.45, 2.75) is 57.3 Å². The third kappa shape index (κ3) is 2.86. The predicted octanol–water partition coefficient (Wildman–Crippen LogP) is 4.86. The van der Waals surface area contributed by atoms with Crippen molar-refractivity contribution < 1.29 is 9.90 Å². The molecule has 0 aliphatic heterocycles. The van der Waals surface area contributed by atoms with Crippen LogP contribution in [0.5, 0.6) is 0 Å². The second-order valence-electron chi connectivity index (χ2n) is 5.88. The Bertz CT molecular complexity index is 474. The van der Waals surface area contributed by atoms with Crippen LogP contribution in [0.3, 0.4) is 0 Å². The molecular formula is C16H21BrO2. The summed E-state index contributed by atoms with van der Waals surface area (Å²) in [5, 5.41) is 9.75. The Morgan fingerprint density at radius 3 is 2.37 bits per heavy atom. The summed E-state index contributed by atoms with van der Waals surface area (Å²) in [6.45, 7) is 4.28. The highest BCUT2D eigenvalue weighted by molar-refractivity contribution is 9.10. The number of carboxylic acids is 1. The van der Waals surface area contributed by atoms with Gasteiger partial charge in [-0.2, -0.15) is 0 Å². The molecule has 1 aliphatic carbocycles. The van der Waals surface area contributed by atoms with Crippen molar-refractivity contribution in [3.05, 3.63) is 33.8 Å². The van der Waals surface area contributed by atoms with E-state index in [9.17, 15) is 9.90 Å². The van der Waals surface area contributed by atoms with Crippen molar-refractivity contribution in [2.24, 2.45) is 0 Å². The zero-order valence-electron chi connectivity index (χ0n) is 11.6. The molecule has 0 saturated heterocycles. The number of benzene rings is 1. The molecule has 2 nitrogen and oxygen atoms in total. The molecule has 1 aromatic carbocycles. The molecule has 1 saturated carbocycles. The molecule has 19 heavy (non-hydrogen) atoms. The SMILES string of the molecule is CC(C)c1cc(Br)cc(C2(C(=O)O)CCCCC2)c1. The second-order valence-corrected chi connectivity index (χ2v) is 6.79. The topological polar surface area (TPSA) is 37.3 Å². The molecular weight excluding hydrogens is 304 g/mol. The molecule has 1 N–H and O–H groups in total. The molecule has 0 amide bonds. The lowest BCUT2D eigenvalue weighted by Gasteiger charge is -2.34. The highest BCUT2D eigenvalue weighted by Gasteiger charge is 2.41. The van der Waals surface area contributed by atoms with E-state index in [1.54, 1.807) is 0 Å². The van der Waals surface area contributed by atoms with E-state index in [0.29, 0.717) is 5.92 Å². The second kappa shape index (κ2) is 5.66. The molecule has 0 atom stereocenters. The number of hydrogen-bond donors (Lipinski definition) is 1. The van der Waals surface area contributed by atoms with Gasteiger partial charge in [0.1, 0.15) is 0 Å². The van der Waals surface area contributed by atoms with E-state index in [2.05, 4.69) is 41.9 Å². The minimum Gasteiger partial charge on any atom is -0.481 e. The Hall–Kier alpha value is -0.830. The van der Waals surface area contributed by atoms with Gasteiger partial charge >= 0.3 is 5.97 Å². The molecule has 1 aromatic rings. The van der Waals surface area contributed by atoms with Crippen LogP contribution in [-0.2, 0) is 10.2 Å². The number of halogens is 1. The molecule has 0 bridgehead atoms. The minimum atomic E-state index is -0.675. The highest BCUT2D eigenvalue weighted by atomic mass is 79.9. The van der Waals surface area contributed by atoms with E-state index in [-0.39, 0.29) is 0 Å². The Labute approximate surface area is 123 Å². The van der Waals surface area contributed by atoms with Gasteiger partial charge < -0.3 is 5.11 Å². The number of carboxylic acid groups (broad SMARTS) is 1. The van der Waals surface area contributed by atoms with E-state index in [1.807, 2.05) is 6.07 Å².